The van der Waals surface area contributed by atoms with Gasteiger partial charge in [-0.25, -0.2) is 0 Å². The van der Waals surface area contributed by atoms with E-state index in [4.69, 9.17) is 9.47 Å². The number of aliphatic hydroxyl groups excluding tert-OH is 1. The number of carbonyl (C=O) groups excluding carboxylic acids is 1. The van der Waals surface area contributed by atoms with Crippen molar-refractivity contribution >= 4 is 5.91 Å². The summed E-state index contributed by atoms with van der Waals surface area (Å²) < 4.78 is 10.6. The Balaban J connectivity index is 1.53. The maximum absolute atomic E-state index is 11.9. The van der Waals surface area contributed by atoms with Crippen molar-refractivity contribution in [2.75, 3.05) is 33.4 Å². The van der Waals surface area contributed by atoms with Crippen LogP contribution in [0.4, 0.5) is 0 Å². The number of para-hydroxylation sites is 1. The standard InChI is InChI=1S/C20H26N2O4/c1-25-18-9-7-16(8-10-18)13-20(24)22-12-11-21-14-17(23)15-26-19-5-3-2-4-6-19/h2-10,17,21,23H,11-15H2,1H3,(H,22,24)/t17-/m1/s1. The summed E-state index contributed by atoms with van der Waals surface area (Å²) >= 11 is 0. The van der Waals surface area contributed by atoms with Gasteiger partial charge in [0, 0.05) is 19.6 Å². The molecule has 0 heterocycles. The van der Waals surface area contributed by atoms with Crippen molar-refractivity contribution in [3.8, 4) is 11.5 Å². The zero-order valence-corrected chi connectivity index (χ0v) is 15.0. The Labute approximate surface area is 154 Å². The highest BCUT2D eigenvalue weighted by Crippen LogP contribution is 2.11. The highest BCUT2D eigenvalue weighted by Gasteiger charge is 2.06. The topological polar surface area (TPSA) is 79.8 Å². The molecule has 0 bridgehead atoms. The number of hydrogen-bond donors (Lipinski definition) is 3. The molecule has 0 aliphatic rings. The van der Waals surface area contributed by atoms with Crippen molar-refractivity contribution < 1.29 is 19.4 Å². The van der Waals surface area contributed by atoms with Crippen LogP contribution < -0.4 is 20.1 Å². The molecule has 26 heavy (non-hydrogen) atoms. The van der Waals surface area contributed by atoms with Crippen molar-refractivity contribution in [3.63, 3.8) is 0 Å². The van der Waals surface area contributed by atoms with E-state index in [1.807, 2.05) is 54.6 Å². The van der Waals surface area contributed by atoms with Crippen LogP contribution in [-0.2, 0) is 11.2 Å². The van der Waals surface area contributed by atoms with Crippen LogP contribution in [0.15, 0.2) is 54.6 Å². The van der Waals surface area contributed by atoms with Gasteiger partial charge in [-0.2, -0.15) is 0 Å². The second-order valence-corrected chi connectivity index (χ2v) is 5.86. The van der Waals surface area contributed by atoms with E-state index in [2.05, 4.69) is 10.6 Å². The molecule has 140 valence electrons. The van der Waals surface area contributed by atoms with Crippen molar-refractivity contribution in [1.29, 1.82) is 0 Å². The summed E-state index contributed by atoms with van der Waals surface area (Å²) in [6, 6.07) is 16.8. The first kappa shape index (κ1) is 19.8. The Morgan fingerprint density at radius 2 is 1.77 bits per heavy atom. The zero-order valence-electron chi connectivity index (χ0n) is 15.0. The highest BCUT2D eigenvalue weighted by molar-refractivity contribution is 5.78. The molecule has 6 heteroatoms. The Kier molecular flexibility index (Phi) is 8.45. The molecule has 0 aromatic heterocycles. The van der Waals surface area contributed by atoms with Crippen LogP contribution in [0.5, 0.6) is 11.5 Å². The minimum absolute atomic E-state index is 0.0371. The van der Waals surface area contributed by atoms with Crippen LogP contribution in [0.2, 0.25) is 0 Å². The number of carbonyl (C=O) groups is 1. The lowest BCUT2D eigenvalue weighted by molar-refractivity contribution is -0.120. The van der Waals surface area contributed by atoms with Crippen LogP contribution in [0.3, 0.4) is 0 Å². The average Bonchev–Trinajstić information content (AvgIpc) is 2.67. The third kappa shape index (κ3) is 7.55. The summed E-state index contributed by atoms with van der Waals surface area (Å²) in [5.41, 5.74) is 0.935. The summed E-state index contributed by atoms with van der Waals surface area (Å²) in [5.74, 6) is 1.47. The molecule has 0 saturated carbocycles. The molecule has 0 fully saturated rings. The SMILES string of the molecule is COc1ccc(CC(=O)NCCNC[C@@H](O)COc2ccccc2)cc1. The molecular formula is C20H26N2O4. The monoisotopic (exact) mass is 358 g/mol. The summed E-state index contributed by atoms with van der Waals surface area (Å²) in [7, 11) is 1.61. The Hall–Kier alpha value is -2.57. The number of amides is 1. The van der Waals surface area contributed by atoms with E-state index in [-0.39, 0.29) is 12.5 Å². The smallest absolute Gasteiger partial charge is 0.224 e. The van der Waals surface area contributed by atoms with Crippen molar-refractivity contribution in [3.05, 3.63) is 60.2 Å². The van der Waals surface area contributed by atoms with Gasteiger partial charge in [-0.15, -0.1) is 0 Å². The van der Waals surface area contributed by atoms with E-state index in [0.717, 1.165) is 17.1 Å². The summed E-state index contributed by atoms with van der Waals surface area (Å²) in [4.78, 5) is 11.9. The van der Waals surface area contributed by atoms with Gasteiger partial charge >= 0.3 is 0 Å². The van der Waals surface area contributed by atoms with Gasteiger partial charge in [-0.1, -0.05) is 30.3 Å². The molecule has 2 rings (SSSR count). The Morgan fingerprint density at radius 1 is 1.04 bits per heavy atom. The fourth-order valence-corrected chi connectivity index (χ4v) is 2.32. The van der Waals surface area contributed by atoms with E-state index in [1.165, 1.54) is 0 Å². The number of benzene rings is 2. The molecule has 0 aliphatic carbocycles. The molecule has 0 saturated heterocycles. The molecule has 1 atom stereocenters. The van der Waals surface area contributed by atoms with Gasteiger partial charge in [0.2, 0.25) is 5.91 Å². The number of methoxy groups -OCH3 is 1. The second kappa shape index (κ2) is 11.1. The predicted octanol–water partition coefficient (Wildman–Crippen LogP) is 1.38. The van der Waals surface area contributed by atoms with E-state index in [0.29, 0.717) is 26.1 Å². The zero-order chi connectivity index (χ0) is 18.6. The van der Waals surface area contributed by atoms with Crippen LogP contribution in [0, 0.1) is 0 Å². The van der Waals surface area contributed by atoms with Gasteiger partial charge in [0.1, 0.15) is 24.2 Å². The van der Waals surface area contributed by atoms with Crippen LogP contribution in [0.25, 0.3) is 0 Å². The van der Waals surface area contributed by atoms with E-state index >= 15 is 0 Å². The van der Waals surface area contributed by atoms with Crippen molar-refractivity contribution in [2.45, 2.75) is 12.5 Å². The summed E-state index contributed by atoms with van der Waals surface area (Å²) in [5, 5.41) is 15.8. The molecule has 3 N–H and O–H groups in total. The first-order chi connectivity index (χ1) is 12.7. The number of aliphatic hydroxyl groups is 1. The lowest BCUT2D eigenvalue weighted by Gasteiger charge is -2.13. The van der Waals surface area contributed by atoms with Crippen molar-refractivity contribution in [1.82, 2.24) is 10.6 Å². The average molecular weight is 358 g/mol. The van der Waals surface area contributed by atoms with Gasteiger partial charge in [0.15, 0.2) is 0 Å². The first-order valence-electron chi connectivity index (χ1n) is 8.63. The minimum atomic E-state index is -0.606. The highest BCUT2D eigenvalue weighted by atomic mass is 16.5. The van der Waals surface area contributed by atoms with E-state index in [1.54, 1.807) is 7.11 Å². The van der Waals surface area contributed by atoms with Crippen molar-refractivity contribution in [2.24, 2.45) is 0 Å². The maximum Gasteiger partial charge on any atom is 0.224 e. The van der Waals surface area contributed by atoms with E-state index < -0.39 is 6.10 Å². The predicted molar refractivity (Wildman–Crippen MR) is 101 cm³/mol. The Morgan fingerprint density at radius 3 is 2.46 bits per heavy atom. The van der Waals surface area contributed by atoms with Crippen LogP contribution in [0.1, 0.15) is 5.56 Å². The fraction of sp³-hybridized carbons (Fsp3) is 0.350. The first-order valence-corrected chi connectivity index (χ1v) is 8.63. The third-order valence-corrected chi connectivity index (χ3v) is 3.71. The molecule has 2 aromatic carbocycles. The quantitative estimate of drug-likeness (QED) is 0.529. The van der Waals surface area contributed by atoms with Crippen LogP contribution in [-0.4, -0.2) is 50.5 Å². The second-order valence-electron chi connectivity index (χ2n) is 5.86. The molecule has 0 spiro atoms. The Bertz CT molecular complexity index is 647. The lowest BCUT2D eigenvalue weighted by atomic mass is 10.1. The van der Waals surface area contributed by atoms with Crippen LogP contribution >= 0.6 is 0 Å². The minimum Gasteiger partial charge on any atom is -0.497 e. The van der Waals surface area contributed by atoms with Gasteiger partial charge in [-0.05, 0) is 29.8 Å². The summed E-state index contributed by atoms with van der Waals surface area (Å²) in [6.07, 6.45) is -0.275. The molecule has 1 amide bonds. The van der Waals surface area contributed by atoms with Gasteiger partial charge < -0.3 is 25.2 Å². The van der Waals surface area contributed by atoms with E-state index in [9.17, 15) is 9.90 Å². The number of rotatable bonds is 11. The molecule has 2 aromatic rings. The molecule has 0 aliphatic heterocycles. The maximum atomic E-state index is 11.9. The number of ether oxygens (including phenoxy) is 2. The molecular weight excluding hydrogens is 332 g/mol. The van der Waals surface area contributed by atoms with Gasteiger partial charge in [0.05, 0.1) is 13.5 Å². The summed E-state index contributed by atoms with van der Waals surface area (Å²) in [6.45, 7) is 1.71. The largest absolute Gasteiger partial charge is 0.497 e. The molecule has 0 unspecified atom stereocenters. The number of nitrogens with one attached hydrogen (secondary N) is 2. The van der Waals surface area contributed by atoms with Gasteiger partial charge in [-0.3, -0.25) is 4.79 Å². The third-order valence-electron chi connectivity index (χ3n) is 3.71. The molecule has 6 nitrogen and oxygen atoms in total. The van der Waals surface area contributed by atoms with Gasteiger partial charge in [0.25, 0.3) is 0 Å². The normalized spacial score (nSPS) is 11.6. The number of hydrogen-bond acceptors (Lipinski definition) is 5. The fourth-order valence-electron chi connectivity index (χ4n) is 2.32. The molecule has 0 radical (unpaired) electrons. The lowest BCUT2D eigenvalue weighted by Crippen LogP contribution is -2.37.